The number of ether oxygens (including phenoxy) is 1. The van der Waals surface area contributed by atoms with E-state index in [-0.39, 0.29) is 19.1 Å². The third kappa shape index (κ3) is 3.88. The predicted octanol–water partition coefficient (Wildman–Crippen LogP) is 0.343. The van der Waals surface area contributed by atoms with Gasteiger partial charge in [0.1, 0.15) is 12.4 Å². The molecule has 0 aliphatic heterocycles. The first-order chi connectivity index (χ1) is 7.63. The van der Waals surface area contributed by atoms with Gasteiger partial charge in [-0.25, -0.2) is 0 Å². The molecule has 5 heteroatoms. The minimum absolute atomic E-state index is 0.137. The predicted molar refractivity (Wildman–Crippen MR) is 61.3 cm³/mol. The molecular formula is C11H16N2O3. The number of aliphatic hydroxyl groups is 1. The number of carbonyl (C=O) groups excluding carboxylic acids is 1. The number of aliphatic hydroxyl groups excluding tert-OH is 1. The fourth-order valence-corrected chi connectivity index (χ4v) is 1.13. The van der Waals surface area contributed by atoms with Gasteiger partial charge in [-0.2, -0.15) is 0 Å². The molecule has 4 N–H and O–H groups in total. The third-order valence-corrected chi connectivity index (χ3v) is 1.89. The van der Waals surface area contributed by atoms with Crippen LogP contribution in [0.3, 0.4) is 0 Å². The van der Waals surface area contributed by atoms with Gasteiger partial charge in [0.15, 0.2) is 0 Å². The Kier molecular flexibility index (Phi) is 4.75. The summed E-state index contributed by atoms with van der Waals surface area (Å²) in [4.78, 5) is 10.9. The van der Waals surface area contributed by atoms with Gasteiger partial charge < -0.3 is 20.9 Å². The fraction of sp³-hybridized carbons (Fsp3) is 0.364. The molecule has 0 spiro atoms. The van der Waals surface area contributed by atoms with E-state index in [0.29, 0.717) is 11.4 Å². The highest BCUT2D eigenvalue weighted by Gasteiger charge is 2.06. The van der Waals surface area contributed by atoms with Gasteiger partial charge in [0, 0.05) is 6.92 Å². The number of hydrogen-bond donors (Lipinski definition) is 3. The smallest absolute Gasteiger partial charge is 0.221 e. The number of benzene rings is 1. The summed E-state index contributed by atoms with van der Waals surface area (Å²) in [6.45, 7) is 1.49. The molecule has 0 fully saturated rings. The minimum Gasteiger partial charge on any atom is -0.490 e. The normalized spacial score (nSPS) is 11.9. The second kappa shape index (κ2) is 6.09. The first-order valence-electron chi connectivity index (χ1n) is 4.99. The van der Waals surface area contributed by atoms with Crippen LogP contribution in [-0.2, 0) is 4.79 Å². The van der Waals surface area contributed by atoms with Gasteiger partial charge in [-0.1, -0.05) is 12.1 Å². The Morgan fingerprint density at radius 3 is 2.88 bits per heavy atom. The van der Waals surface area contributed by atoms with Crippen LogP contribution in [0, 0.1) is 0 Å². The van der Waals surface area contributed by atoms with Crippen LogP contribution in [0.5, 0.6) is 5.75 Å². The number of para-hydroxylation sites is 2. The van der Waals surface area contributed by atoms with Crippen molar-refractivity contribution in [1.29, 1.82) is 0 Å². The number of nitrogens with two attached hydrogens (primary N) is 1. The molecule has 0 aromatic heterocycles. The molecule has 0 heterocycles. The molecule has 1 aromatic carbocycles. The van der Waals surface area contributed by atoms with E-state index >= 15 is 0 Å². The first-order valence-corrected chi connectivity index (χ1v) is 4.99. The van der Waals surface area contributed by atoms with Crippen molar-refractivity contribution in [2.45, 2.75) is 13.0 Å². The van der Waals surface area contributed by atoms with Gasteiger partial charge in [0.25, 0.3) is 0 Å². The zero-order valence-electron chi connectivity index (χ0n) is 9.14. The van der Waals surface area contributed by atoms with Crippen molar-refractivity contribution in [3.63, 3.8) is 0 Å². The maximum atomic E-state index is 10.9. The van der Waals surface area contributed by atoms with E-state index in [1.54, 1.807) is 24.3 Å². The van der Waals surface area contributed by atoms with E-state index in [4.69, 9.17) is 15.6 Å². The lowest BCUT2D eigenvalue weighted by molar-refractivity contribution is -0.114. The molecule has 5 nitrogen and oxygen atoms in total. The Morgan fingerprint density at radius 1 is 1.56 bits per heavy atom. The van der Waals surface area contributed by atoms with Crippen molar-refractivity contribution in [3.8, 4) is 5.75 Å². The average molecular weight is 224 g/mol. The number of rotatable bonds is 5. The minimum atomic E-state index is -0.426. The van der Waals surface area contributed by atoms with Crippen molar-refractivity contribution in [3.05, 3.63) is 24.3 Å². The Morgan fingerprint density at radius 2 is 2.25 bits per heavy atom. The summed E-state index contributed by atoms with van der Waals surface area (Å²) in [5.41, 5.74) is 6.11. The summed E-state index contributed by atoms with van der Waals surface area (Å²) in [6.07, 6.45) is 0. The molecule has 88 valence electrons. The molecule has 0 bridgehead atoms. The van der Waals surface area contributed by atoms with Crippen molar-refractivity contribution in [1.82, 2.24) is 0 Å². The van der Waals surface area contributed by atoms with Gasteiger partial charge in [-0.3, -0.25) is 4.79 Å². The topological polar surface area (TPSA) is 84.6 Å². The molecule has 1 rings (SSSR count). The Hall–Kier alpha value is -1.59. The number of amides is 1. The Balaban J connectivity index is 2.67. The lowest BCUT2D eigenvalue weighted by Crippen LogP contribution is -2.31. The molecular weight excluding hydrogens is 208 g/mol. The highest BCUT2D eigenvalue weighted by Crippen LogP contribution is 2.23. The number of carbonyl (C=O) groups is 1. The summed E-state index contributed by atoms with van der Waals surface area (Å²) in [7, 11) is 0. The first kappa shape index (κ1) is 12.5. The summed E-state index contributed by atoms with van der Waals surface area (Å²) >= 11 is 0. The molecule has 1 unspecified atom stereocenters. The van der Waals surface area contributed by atoms with Gasteiger partial charge in [0.05, 0.1) is 18.3 Å². The molecule has 1 aromatic rings. The molecule has 16 heavy (non-hydrogen) atoms. The Bertz CT molecular complexity index is 355. The SMILES string of the molecule is CC(=O)Nc1ccccc1OCC(N)CO. The van der Waals surface area contributed by atoms with Crippen molar-refractivity contribution >= 4 is 11.6 Å². The summed E-state index contributed by atoms with van der Waals surface area (Å²) in [6, 6.07) is 6.64. The van der Waals surface area contributed by atoms with Crippen LogP contribution in [0.25, 0.3) is 0 Å². The van der Waals surface area contributed by atoms with Crippen LogP contribution in [0.1, 0.15) is 6.92 Å². The number of hydrogen-bond acceptors (Lipinski definition) is 4. The van der Waals surface area contributed by atoms with Crippen LogP contribution in [0.4, 0.5) is 5.69 Å². The van der Waals surface area contributed by atoms with Gasteiger partial charge in [0.2, 0.25) is 5.91 Å². The zero-order chi connectivity index (χ0) is 12.0. The molecule has 0 aliphatic carbocycles. The maximum Gasteiger partial charge on any atom is 0.221 e. The van der Waals surface area contributed by atoms with Crippen LogP contribution >= 0.6 is 0 Å². The van der Waals surface area contributed by atoms with Crippen LogP contribution in [0.15, 0.2) is 24.3 Å². The highest BCUT2D eigenvalue weighted by atomic mass is 16.5. The standard InChI is InChI=1S/C11H16N2O3/c1-8(15)13-10-4-2-3-5-11(10)16-7-9(12)6-14/h2-5,9,14H,6-7,12H2,1H3,(H,13,15). The van der Waals surface area contributed by atoms with Crippen molar-refractivity contribution < 1.29 is 14.6 Å². The monoisotopic (exact) mass is 224 g/mol. The van der Waals surface area contributed by atoms with Crippen LogP contribution in [-0.4, -0.2) is 30.3 Å². The van der Waals surface area contributed by atoms with Crippen molar-refractivity contribution in [2.75, 3.05) is 18.5 Å². The zero-order valence-corrected chi connectivity index (χ0v) is 9.14. The quantitative estimate of drug-likeness (QED) is 0.673. The highest BCUT2D eigenvalue weighted by molar-refractivity contribution is 5.90. The van der Waals surface area contributed by atoms with E-state index in [2.05, 4.69) is 5.32 Å². The lowest BCUT2D eigenvalue weighted by Gasteiger charge is -2.13. The molecule has 0 radical (unpaired) electrons. The maximum absolute atomic E-state index is 10.9. The third-order valence-electron chi connectivity index (χ3n) is 1.89. The molecule has 1 atom stereocenters. The van der Waals surface area contributed by atoms with E-state index in [1.165, 1.54) is 6.92 Å². The molecule has 0 aliphatic rings. The van der Waals surface area contributed by atoms with E-state index in [9.17, 15) is 4.79 Å². The average Bonchev–Trinajstić information content (AvgIpc) is 2.26. The summed E-state index contributed by atoms with van der Waals surface area (Å²) in [5.74, 6) is 0.379. The van der Waals surface area contributed by atoms with E-state index < -0.39 is 6.04 Å². The molecule has 0 saturated carbocycles. The van der Waals surface area contributed by atoms with Gasteiger partial charge in [-0.15, -0.1) is 0 Å². The summed E-state index contributed by atoms with van der Waals surface area (Å²) in [5, 5.41) is 11.4. The number of nitrogens with one attached hydrogen (secondary N) is 1. The Labute approximate surface area is 94.2 Å². The fourth-order valence-electron chi connectivity index (χ4n) is 1.13. The summed E-state index contributed by atoms with van der Waals surface area (Å²) < 4.78 is 5.39. The molecule has 1 amide bonds. The van der Waals surface area contributed by atoms with Crippen LogP contribution in [0.2, 0.25) is 0 Å². The second-order valence-corrected chi connectivity index (χ2v) is 3.43. The van der Waals surface area contributed by atoms with Gasteiger partial charge in [-0.05, 0) is 12.1 Å². The van der Waals surface area contributed by atoms with Gasteiger partial charge >= 0.3 is 0 Å². The van der Waals surface area contributed by atoms with E-state index in [0.717, 1.165) is 0 Å². The largest absolute Gasteiger partial charge is 0.490 e. The lowest BCUT2D eigenvalue weighted by atomic mass is 10.3. The number of anilines is 1. The second-order valence-electron chi connectivity index (χ2n) is 3.43. The van der Waals surface area contributed by atoms with Crippen LogP contribution < -0.4 is 15.8 Å². The van der Waals surface area contributed by atoms with E-state index in [1.807, 2.05) is 0 Å². The van der Waals surface area contributed by atoms with Crippen molar-refractivity contribution in [2.24, 2.45) is 5.73 Å². The molecule has 0 saturated heterocycles.